The maximum atomic E-state index is 12.6. The van der Waals surface area contributed by atoms with Crippen LogP contribution in [0.3, 0.4) is 0 Å². The summed E-state index contributed by atoms with van der Waals surface area (Å²) in [5.74, 6) is 0.203. The first-order chi connectivity index (χ1) is 16.9. The van der Waals surface area contributed by atoms with Crippen LogP contribution < -0.4 is 5.73 Å². The number of aromatic nitrogens is 5. The molecule has 4 N–H and O–H groups in total. The van der Waals surface area contributed by atoms with Gasteiger partial charge in [-0.25, -0.2) is 23.4 Å². The van der Waals surface area contributed by atoms with Crippen LogP contribution >= 0.6 is 11.8 Å². The highest BCUT2D eigenvalue weighted by Gasteiger charge is 2.37. The van der Waals surface area contributed by atoms with Crippen molar-refractivity contribution >= 4 is 28.7 Å². The molecule has 2 aromatic heterocycles. The number of anilines is 1. The van der Waals surface area contributed by atoms with E-state index in [2.05, 4.69) is 27.2 Å². The van der Waals surface area contributed by atoms with E-state index in [0.717, 1.165) is 30.6 Å². The number of rotatable bonds is 8. The van der Waals surface area contributed by atoms with Crippen LogP contribution in [-0.2, 0) is 4.74 Å². The molecule has 0 spiro atoms. The van der Waals surface area contributed by atoms with Gasteiger partial charge in [0.2, 0.25) is 0 Å². The van der Waals surface area contributed by atoms with Gasteiger partial charge in [0, 0.05) is 12.2 Å². The fourth-order valence-electron chi connectivity index (χ4n) is 4.06. The van der Waals surface area contributed by atoms with Crippen LogP contribution in [0.2, 0.25) is 0 Å². The summed E-state index contributed by atoms with van der Waals surface area (Å²) in [7, 11) is 0. The van der Waals surface area contributed by atoms with Crippen LogP contribution in [0.15, 0.2) is 23.4 Å². The van der Waals surface area contributed by atoms with Crippen molar-refractivity contribution in [1.82, 2.24) is 25.0 Å². The molecule has 9 nitrogen and oxygen atoms in total. The summed E-state index contributed by atoms with van der Waals surface area (Å²) in [6.07, 6.45) is 3.58. The van der Waals surface area contributed by atoms with Gasteiger partial charge in [-0.3, -0.25) is 0 Å². The number of thioether (sulfide) groups is 1. The molecule has 3 atom stereocenters. The lowest BCUT2D eigenvalue weighted by Gasteiger charge is -2.14. The number of fused-ring (bicyclic) bond motifs is 1. The van der Waals surface area contributed by atoms with Crippen molar-refractivity contribution in [2.45, 2.75) is 68.4 Å². The molecule has 0 radical (unpaired) electrons. The van der Waals surface area contributed by atoms with Crippen LogP contribution in [0, 0.1) is 11.6 Å². The van der Waals surface area contributed by atoms with Crippen molar-refractivity contribution in [3.63, 3.8) is 0 Å². The van der Waals surface area contributed by atoms with Gasteiger partial charge in [0.05, 0.1) is 31.5 Å². The van der Waals surface area contributed by atoms with Crippen LogP contribution in [-0.4, -0.2) is 66.3 Å². The molecule has 190 valence electrons. The molecular formula is C23H30F2N6O3S. The van der Waals surface area contributed by atoms with E-state index in [4.69, 9.17) is 15.6 Å². The number of nitrogens with two attached hydrogens (primary N) is 1. The lowest BCUT2D eigenvalue weighted by atomic mass is 10.1. The first-order valence-electron chi connectivity index (χ1n) is 11.8. The standard InChI is InChI=1S/C14H22N6O3S.C9H8F2/c1-2-5-24-14-16-12(15)11-13(17-14)20(19-18-11)9-6-8(7-10(9)22)23-4-3-21;10-8-4-3-7(5-9(8)11)6-1-2-6/h8-10,21-22H,2-7H2,1H3,(H2,15,16,17);3-6H,1-2H2/t8?,9?,10-;/m1./s1. The Balaban J connectivity index is 0.000000218. The highest BCUT2D eigenvalue weighted by Crippen LogP contribution is 2.40. The Hall–Kier alpha value is -2.41. The predicted octanol–water partition coefficient (Wildman–Crippen LogP) is 3.22. The molecule has 2 fully saturated rings. The average Bonchev–Trinajstić information content (AvgIpc) is 3.51. The van der Waals surface area contributed by atoms with Gasteiger partial charge in [-0.05, 0) is 49.3 Å². The summed E-state index contributed by atoms with van der Waals surface area (Å²) in [6, 6.07) is 3.88. The molecule has 35 heavy (non-hydrogen) atoms. The smallest absolute Gasteiger partial charge is 0.191 e. The zero-order valence-electron chi connectivity index (χ0n) is 19.5. The molecule has 0 amide bonds. The average molecular weight is 509 g/mol. The molecule has 2 saturated carbocycles. The van der Waals surface area contributed by atoms with Gasteiger partial charge in [0.1, 0.15) is 0 Å². The van der Waals surface area contributed by atoms with E-state index in [0.29, 0.717) is 40.9 Å². The number of hydrogen-bond donors (Lipinski definition) is 3. The Labute approximate surface area is 206 Å². The quantitative estimate of drug-likeness (QED) is 0.310. The Morgan fingerprint density at radius 2 is 2.00 bits per heavy atom. The highest BCUT2D eigenvalue weighted by atomic mass is 32.2. The minimum absolute atomic E-state index is 0.0364. The first kappa shape index (κ1) is 25.7. The zero-order chi connectivity index (χ0) is 24.9. The molecule has 0 saturated heterocycles. The summed E-state index contributed by atoms with van der Waals surface area (Å²) in [5, 5.41) is 28.0. The van der Waals surface area contributed by atoms with E-state index >= 15 is 0 Å². The molecule has 1 aromatic carbocycles. The Bertz CT molecular complexity index is 1150. The molecule has 2 aliphatic carbocycles. The van der Waals surface area contributed by atoms with Crippen molar-refractivity contribution in [3.8, 4) is 0 Å². The highest BCUT2D eigenvalue weighted by molar-refractivity contribution is 7.99. The van der Waals surface area contributed by atoms with E-state index < -0.39 is 17.7 Å². The van der Waals surface area contributed by atoms with Gasteiger partial charge < -0.3 is 20.7 Å². The van der Waals surface area contributed by atoms with Gasteiger partial charge in [0.25, 0.3) is 0 Å². The molecule has 2 unspecified atom stereocenters. The summed E-state index contributed by atoms with van der Waals surface area (Å²) >= 11 is 1.53. The number of benzene rings is 1. The molecule has 0 aliphatic heterocycles. The number of nitrogen functional groups attached to an aromatic ring is 1. The number of aliphatic hydroxyl groups is 2. The van der Waals surface area contributed by atoms with E-state index in [1.54, 1.807) is 10.7 Å². The van der Waals surface area contributed by atoms with Crippen molar-refractivity contribution in [2.75, 3.05) is 24.7 Å². The van der Waals surface area contributed by atoms with Crippen LogP contribution in [0.25, 0.3) is 11.2 Å². The fraction of sp³-hybridized carbons (Fsp3) is 0.565. The lowest BCUT2D eigenvalue weighted by Crippen LogP contribution is -2.20. The van der Waals surface area contributed by atoms with Crippen LogP contribution in [0.4, 0.5) is 14.6 Å². The minimum Gasteiger partial charge on any atom is -0.394 e. The third-order valence-electron chi connectivity index (χ3n) is 5.97. The summed E-state index contributed by atoms with van der Waals surface area (Å²) in [5.41, 5.74) is 7.89. The maximum Gasteiger partial charge on any atom is 0.191 e. The second-order valence-electron chi connectivity index (χ2n) is 8.72. The monoisotopic (exact) mass is 508 g/mol. The first-order valence-corrected chi connectivity index (χ1v) is 12.8. The Morgan fingerprint density at radius 1 is 1.20 bits per heavy atom. The second kappa shape index (κ2) is 11.5. The summed E-state index contributed by atoms with van der Waals surface area (Å²) in [4.78, 5) is 8.77. The Kier molecular flexibility index (Phi) is 8.47. The van der Waals surface area contributed by atoms with Gasteiger partial charge in [-0.15, -0.1) is 5.10 Å². The van der Waals surface area contributed by atoms with Crippen molar-refractivity contribution in [2.24, 2.45) is 0 Å². The van der Waals surface area contributed by atoms with Crippen molar-refractivity contribution < 1.29 is 23.7 Å². The van der Waals surface area contributed by atoms with E-state index in [1.807, 2.05) is 0 Å². The number of hydrogen-bond acceptors (Lipinski definition) is 9. The molecule has 12 heteroatoms. The number of halogens is 2. The van der Waals surface area contributed by atoms with Crippen molar-refractivity contribution in [1.29, 1.82) is 0 Å². The van der Waals surface area contributed by atoms with Crippen LogP contribution in [0.5, 0.6) is 0 Å². The maximum absolute atomic E-state index is 12.6. The van der Waals surface area contributed by atoms with Gasteiger partial charge in [-0.1, -0.05) is 30.0 Å². The van der Waals surface area contributed by atoms with E-state index in [-0.39, 0.29) is 25.4 Å². The van der Waals surface area contributed by atoms with E-state index in [1.165, 1.54) is 23.9 Å². The predicted molar refractivity (Wildman–Crippen MR) is 128 cm³/mol. The molecule has 5 rings (SSSR count). The topological polar surface area (TPSA) is 132 Å². The van der Waals surface area contributed by atoms with E-state index in [9.17, 15) is 13.9 Å². The lowest BCUT2D eigenvalue weighted by molar-refractivity contribution is 0.0252. The third kappa shape index (κ3) is 6.24. The summed E-state index contributed by atoms with van der Waals surface area (Å²) < 4.78 is 32.2. The van der Waals surface area contributed by atoms with Gasteiger partial charge in [0.15, 0.2) is 33.8 Å². The second-order valence-corrected chi connectivity index (χ2v) is 9.78. The zero-order valence-corrected chi connectivity index (χ0v) is 20.3. The fourth-order valence-corrected chi connectivity index (χ4v) is 4.76. The molecule has 3 aromatic rings. The molecule has 2 heterocycles. The number of aliphatic hydroxyl groups excluding tert-OH is 2. The number of nitrogens with zero attached hydrogens (tertiary/aromatic N) is 5. The SMILES string of the molecule is CCCSc1nc(N)c2nnn(C3CC(OCCO)C[C@H]3O)c2n1.Fc1ccc(C2CC2)cc1F. The molecule has 2 aliphatic rings. The third-order valence-corrected chi connectivity index (χ3v) is 7.02. The molecule has 0 bridgehead atoms. The number of ether oxygens (including phenoxy) is 1. The van der Waals surface area contributed by atoms with Gasteiger partial charge >= 0.3 is 0 Å². The normalized spacial score (nSPS) is 21.8. The largest absolute Gasteiger partial charge is 0.394 e. The minimum atomic E-state index is -0.755. The van der Waals surface area contributed by atoms with Gasteiger partial charge in [-0.2, -0.15) is 0 Å². The summed E-state index contributed by atoms with van der Waals surface area (Å²) in [6.45, 7) is 2.31. The Morgan fingerprint density at radius 3 is 2.69 bits per heavy atom. The van der Waals surface area contributed by atoms with Crippen molar-refractivity contribution in [3.05, 3.63) is 35.4 Å². The molecular weight excluding hydrogens is 478 g/mol. The van der Waals surface area contributed by atoms with Crippen LogP contribution in [0.1, 0.15) is 56.6 Å².